The number of ketones is 1. The largest absolute Gasteiger partial charge is 0.481 e. The molecule has 1 N–H and O–H groups in total. The first-order chi connectivity index (χ1) is 9.56. The number of aryl methyl sites for hydroxylation is 1. The van der Waals surface area contributed by atoms with E-state index < -0.39 is 5.97 Å². The van der Waals surface area contributed by atoms with Crippen LogP contribution in [-0.2, 0) is 11.2 Å². The predicted molar refractivity (Wildman–Crippen MR) is 77.9 cm³/mol. The summed E-state index contributed by atoms with van der Waals surface area (Å²) < 4.78 is 0. The summed E-state index contributed by atoms with van der Waals surface area (Å²) >= 11 is 0. The molecule has 0 amide bonds. The molecule has 108 valence electrons. The van der Waals surface area contributed by atoms with Crippen LogP contribution in [0.3, 0.4) is 0 Å². The Bertz CT molecular complexity index is 499. The first-order valence-electron chi connectivity index (χ1n) is 7.39. The smallest absolute Gasteiger partial charge is 0.303 e. The van der Waals surface area contributed by atoms with Gasteiger partial charge in [0.15, 0.2) is 5.78 Å². The second-order valence-corrected chi connectivity index (χ2v) is 5.89. The molecule has 1 aliphatic rings. The topological polar surface area (TPSA) is 54.4 Å². The number of carbonyl (C=O) groups is 2. The van der Waals surface area contributed by atoms with Crippen LogP contribution in [0.15, 0.2) is 24.3 Å². The van der Waals surface area contributed by atoms with Crippen LogP contribution in [0.4, 0.5) is 0 Å². The lowest BCUT2D eigenvalue weighted by atomic mass is 9.76. The third-order valence-electron chi connectivity index (χ3n) is 4.42. The number of benzene rings is 1. The van der Waals surface area contributed by atoms with Gasteiger partial charge in [-0.3, -0.25) is 9.59 Å². The third-order valence-corrected chi connectivity index (χ3v) is 4.42. The molecule has 1 aromatic carbocycles. The van der Waals surface area contributed by atoms with Crippen molar-refractivity contribution in [2.24, 2.45) is 5.41 Å². The summed E-state index contributed by atoms with van der Waals surface area (Å²) in [6.07, 6.45) is 5.11. The standard InChI is InChI=1S/C17H22O3/c1-2-13-7-3-4-8-14(13)15(18)11-17(12-16(19)20)9-5-6-10-17/h3-4,7-8H,2,5-6,9-12H2,1H3,(H,19,20). The minimum Gasteiger partial charge on any atom is -0.481 e. The number of hydrogen-bond acceptors (Lipinski definition) is 2. The van der Waals surface area contributed by atoms with E-state index >= 15 is 0 Å². The zero-order chi connectivity index (χ0) is 14.6. The van der Waals surface area contributed by atoms with E-state index in [4.69, 9.17) is 5.11 Å². The fourth-order valence-electron chi connectivity index (χ4n) is 3.40. The second kappa shape index (κ2) is 6.21. The Labute approximate surface area is 120 Å². The van der Waals surface area contributed by atoms with Crippen molar-refractivity contribution in [3.8, 4) is 0 Å². The van der Waals surface area contributed by atoms with Gasteiger partial charge in [0.1, 0.15) is 0 Å². The highest BCUT2D eigenvalue weighted by molar-refractivity contribution is 5.98. The molecular weight excluding hydrogens is 252 g/mol. The zero-order valence-corrected chi connectivity index (χ0v) is 12.0. The molecule has 2 rings (SSSR count). The van der Waals surface area contributed by atoms with Crippen LogP contribution in [0.2, 0.25) is 0 Å². The molecule has 1 fully saturated rings. The van der Waals surface area contributed by atoms with Gasteiger partial charge < -0.3 is 5.11 Å². The number of hydrogen-bond donors (Lipinski definition) is 1. The zero-order valence-electron chi connectivity index (χ0n) is 12.0. The van der Waals surface area contributed by atoms with Gasteiger partial charge in [-0.15, -0.1) is 0 Å². The van der Waals surface area contributed by atoms with E-state index in [1.165, 1.54) is 0 Å². The molecule has 0 saturated heterocycles. The van der Waals surface area contributed by atoms with Crippen molar-refractivity contribution in [2.45, 2.75) is 51.9 Å². The quantitative estimate of drug-likeness (QED) is 0.801. The van der Waals surface area contributed by atoms with Gasteiger partial charge in [0.05, 0.1) is 6.42 Å². The van der Waals surface area contributed by atoms with E-state index in [0.717, 1.165) is 43.2 Å². The molecule has 0 atom stereocenters. The van der Waals surface area contributed by atoms with Crippen molar-refractivity contribution >= 4 is 11.8 Å². The monoisotopic (exact) mass is 274 g/mol. The summed E-state index contributed by atoms with van der Waals surface area (Å²) in [5.74, 6) is -0.686. The molecule has 0 radical (unpaired) electrons. The van der Waals surface area contributed by atoms with Crippen molar-refractivity contribution in [1.82, 2.24) is 0 Å². The number of Topliss-reactive ketones (excluding diaryl/α,β-unsaturated/α-hetero) is 1. The van der Waals surface area contributed by atoms with Gasteiger partial charge in [-0.1, -0.05) is 44.0 Å². The van der Waals surface area contributed by atoms with Crippen LogP contribution in [0.5, 0.6) is 0 Å². The molecule has 1 aromatic rings. The fraction of sp³-hybridized carbons (Fsp3) is 0.529. The Kier molecular flexibility index (Phi) is 4.58. The van der Waals surface area contributed by atoms with E-state index in [9.17, 15) is 9.59 Å². The average Bonchev–Trinajstić information content (AvgIpc) is 2.85. The fourth-order valence-corrected chi connectivity index (χ4v) is 3.40. The number of carboxylic acid groups (broad SMARTS) is 1. The molecule has 3 heteroatoms. The maximum Gasteiger partial charge on any atom is 0.303 e. The molecule has 20 heavy (non-hydrogen) atoms. The molecule has 0 aromatic heterocycles. The minimum atomic E-state index is -0.788. The predicted octanol–water partition coefficient (Wildman–Crippen LogP) is 3.86. The number of carbonyl (C=O) groups excluding carboxylic acids is 1. The Morgan fingerprint density at radius 1 is 1.15 bits per heavy atom. The molecule has 0 unspecified atom stereocenters. The summed E-state index contributed by atoms with van der Waals surface area (Å²) in [4.78, 5) is 23.7. The van der Waals surface area contributed by atoms with Crippen LogP contribution in [-0.4, -0.2) is 16.9 Å². The van der Waals surface area contributed by atoms with Gasteiger partial charge in [0, 0.05) is 12.0 Å². The van der Waals surface area contributed by atoms with Gasteiger partial charge in [0.2, 0.25) is 0 Å². The molecule has 0 heterocycles. The van der Waals surface area contributed by atoms with Crippen molar-refractivity contribution in [2.75, 3.05) is 0 Å². The van der Waals surface area contributed by atoms with E-state index in [1.54, 1.807) is 0 Å². The summed E-state index contributed by atoms with van der Waals surface area (Å²) in [6.45, 7) is 2.04. The summed E-state index contributed by atoms with van der Waals surface area (Å²) in [5.41, 5.74) is 1.51. The minimum absolute atomic E-state index is 0.102. The maximum atomic E-state index is 12.6. The summed E-state index contributed by atoms with van der Waals surface area (Å²) in [5, 5.41) is 9.11. The normalized spacial score (nSPS) is 17.1. The van der Waals surface area contributed by atoms with E-state index in [0.29, 0.717) is 6.42 Å². The highest BCUT2D eigenvalue weighted by atomic mass is 16.4. The SMILES string of the molecule is CCc1ccccc1C(=O)CC1(CC(=O)O)CCCC1. The van der Waals surface area contributed by atoms with Crippen molar-refractivity contribution in [3.05, 3.63) is 35.4 Å². The lowest BCUT2D eigenvalue weighted by Crippen LogP contribution is -2.25. The number of carboxylic acids is 1. The molecule has 3 nitrogen and oxygen atoms in total. The van der Waals surface area contributed by atoms with Crippen LogP contribution in [0, 0.1) is 5.41 Å². The van der Waals surface area contributed by atoms with Crippen LogP contribution in [0.25, 0.3) is 0 Å². The van der Waals surface area contributed by atoms with Crippen LogP contribution in [0.1, 0.15) is 61.4 Å². The Hall–Kier alpha value is -1.64. The maximum absolute atomic E-state index is 12.6. The molecular formula is C17H22O3. The van der Waals surface area contributed by atoms with Gasteiger partial charge >= 0.3 is 5.97 Å². The Morgan fingerprint density at radius 3 is 2.40 bits per heavy atom. The second-order valence-electron chi connectivity index (χ2n) is 5.89. The molecule has 0 spiro atoms. The van der Waals surface area contributed by atoms with Gasteiger partial charge in [-0.05, 0) is 30.2 Å². The van der Waals surface area contributed by atoms with Gasteiger partial charge in [-0.25, -0.2) is 0 Å². The van der Waals surface area contributed by atoms with Crippen LogP contribution < -0.4 is 0 Å². The van der Waals surface area contributed by atoms with Gasteiger partial charge in [0.25, 0.3) is 0 Å². The molecule has 1 aliphatic carbocycles. The number of rotatable bonds is 6. The Morgan fingerprint density at radius 2 is 1.80 bits per heavy atom. The van der Waals surface area contributed by atoms with Crippen molar-refractivity contribution in [3.63, 3.8) is 0 Å². The Balaban J connectivity index is 2.18. The van der Waals surface area contributed by atoms with E-state index in [-0.39, 0.29) is 17.6 Å². The highest BCUT2D eigenvalue weighted by Crippen LogP contribution is 2.44. The summed E-state index contributed by atoms with van der Waals surface area (Å²) in [6, 6.07) is 7.67. The lowest BCUT2D eigenvalue weighted by molar-refractivity contribution is -0.139. The van der Waals surface area contributed by atoms with Crippen molar-refractivity contribution < 1.29 is 14.7 Å². The summed E-state index contributed by atoms with van der Waals surface area (Å²) in [7, 11) is 0. The van der Waals surface area contributed by atoms with Crippen molar-refractivity contribution in [1.29, 1.82) is 0 Å². The first kappa shape index (κ1) is 14.8. The third kappa shape index (κ3) is 3.27. The van der Waals surface area contributed by atoms with Gasteiger partial charge in [-0.2, -0.15) is 0 Å². The highest BCUT2D eigenvalue weighted by Gasteiger charge is 2.38. The van der Waals surface area contributed by atoms with E-state index in [1.807, 2.05) is 31.2 Å². The lowest BCUT2D eigenvalue weighted by Gasteiger charge is -2.26. The van der Waals surface area contributed by atoms with Crippen LogP contribution >= 0.6 is 0 Å². The molecule has 1 saturated carbocycles. The van der Waals surface area contributed by atoms with E-state index in [2.05, 4.69) is 0 Å². The first-order valence-corrected chi connectivity index (χ1v) is 7.39. The average molecular weight is 274 g/mol. The molecule has 0 aliphatic heterocycles. The molecule has 0 bridgehead atoms. The number of aliphatic carboxylic acids is 1.